The van der Waals surface area contributed by atoms with E-state index in [2.05, 4.69) is 40.5 Å². The molecule has 21 heavy (non-hydrogen) atoms. The first-order chi connectivity index (χ1) is 10.4. The van der Waals surface area contributed by atoms with Crippen LogP contribution in [0.4, 0.5) is 0 Å². The Bertz CT molecular complexity index is 416. The predicted molar refractivity (Wildman–Crippen MR) is 86.6 cm³/mol. The van der Waals surface area contributed by atoms with Crippen LogP contribution in [0.25, 0.3) is 0 Å². The quantitative estimate of drug-likeness (QED) is 0.921. The second-order valence-electron chi connectivity index (χ2n) is 6.44. The monoisotopic (exact) mass is 288 g/mol. The third kappa shape index (κ3) is 3.85. The van der Waals surface area contributed by atoms with Gasteiger partial charge in [-0.3, -0.25) is 4.90 Å². The standard InChI is InChI=1S/C18H28N2O/c1-21-18-9-12-20(16-7-10-19-11-8-16)17(14-18)13-15-5-3-2-4-6-15/h2-6,16-19H,7-14H2,1H3. The molecule has 0 saturated carbocycles. The number of ether oxygens (including phenoxy) is 1. The van der Waals surface area contributed by atoms with Gasteiger partial charge in [-0.05, 0) is 50.8 Å². The molecule has 0 amide bonds. The van der Waals surface area contributed by atoms with Gasteiger partial charge in [0.25, 0.3) is 0 Å². The van der Waals surface area contributed by atoms with Gasteiger partial charge in [0.15, 0.2) is 0 Å². The Morgan fingerprint density at radius 1 is 1.14 bits per heavy atom. The summed E-state index contributed by atoms with van der Waals surface area (Å²) in [6, 6.07) is 12.3. The summed E-state index contributed by atoms with van der Waals surface area (Å²) in [7, 11) is 1.87. The van der Waals surface area contributed by atoms with Gasteiger partial charge in [-0.15, -0.1) is 0 Å². The molecule has 2 saturated heterocycles. The molecule has 2 unspecified atom stereocenters. The molecule has 2 fully saturated rings. The molecule has 2 atom stereocenters. The van der Waals surface area contributed by atoms with Crippen LogP contribution in [0.5, 0.6) is 0 Å². The first-order valence-corrected chi connectivity index (χ1v) is 8.40. The van der Waals surface area contributed by atoms with Crippen molar-refractivity contribution in [2.75, 3.05) is 26.7 Å². The fraction of sp³-hybridized carbons (Fsp3) is 0.667. The smallest absolute Gasteiger partial charge is 0.0598 e. The number of likely N-dealkylation sites (tertiary alicyclic amines) is 1. The van der Waals surface area contributed by atoms with E-state index < -0.39 is 0 Å². The third-order valence-electron chi connectivity index (χ3n) is 5.14. The zero-order chi connectivity index (χ0) is 14.5. The lowest BCUT2D eigenvalue weighted by molar-refractivity contribution is -0.0121. The number of nitrogens with zero attached hydrogens (tertiary/aromatic N) is 1. The number of rotatable bonds is 4. The van der Waals surface area contributed by atoms with Gasteiger partial charge in [0.2, 0.25) is 0 Å². The van der Waals surface area contributed by atoms with Crippen molar-refractivity contribution in [2.24, 2.45) is 0 Å². The molecule has 1 aromatic carbocycles. The van der Waals surface area contributed by atoms with Crippen molar-refractivity contribution >= 4 is 0 Å². The molecule has 2 aliphatic heterocycles. The van der Waals surface area contributed by atoms with E-state index in [0.29, 0.717) is 12.1 Å². The van der Waals surface area contributed by atoms with Gasteiger partial charge in [0, 0.05) is 25.7 Å². The lowest BCUT2D eigenvalue weighted by Gasteiger charge is -2.45. The molecule has 3 nitrogen and oxygen atoms in total. The highest BCUT2D eigenvalue weighted by Gasteiger charge is 2.33. The number of hydrogen-bond acceptors (Lipinski definition) is 3. The van der Waals surface area contributed by atoms with Crippen LogP contribution in [0, 0.1) is 0 Å². The molecule has 1 N–H and O–H groups in total. The Balaban J connectivity index is 1.70. The molecule has 3 rings (SSSR count). The number of hydrogen-bond donors (Lipinski definition) is 1. The van der Waals surface area contributed by atoms with Gasteiger partial charge >= 0.3 is 0 Å². The van der Waals surface area contributed by atoms with Crippen LogP contribution in [0.2, 0.25) is 0 Å². The fourth-order valence-electron chi connectivity index (χ4n) is 3.95. The molecule has 3 heteroatoms. The summed E-state index contributed by atoms with van der Waals surface area (Å²) in [6.45, 7) is 3.54. The minimum absolute atomic E-state index is 0.441. The largest absolute Gasteiger partial charge is 0.381 e. The van der Waals surface area contributed by atoms with Crippen molar-refractivity contribution in [3.8, 4) is 0 Å². The van der Waals surface area contributed by atoms with Gasteiger partial charge in [-0.1, -0.05) is 30.3 Å². The van der Waals surface area contributed by atoms with Crippen LogP contribution in [0.15, 0.2) is 30.3 Å². The number of piperidine rings is 2. The molecular weight excluding hydrogens is 260 g/mol. The van der Waals surface area contributed by atoms with Crippen molar-refractivity contribution in [3.05, 3.63) is 35.9 Å². The highest BCUT2D eigenvalue weighted by Crippen LogP contribution is 2.27. The predicted octanol–water partition coefficient (Wildman–Crippen LogP) is 2.46. The van der Waals surface area contributed by atoms with E-state index in [0.717, 1.165) is 12.5 Å². The normalized spacial score (nSPS) is 28.6. The summed E-state index contributed by atoms with van der Waals surface area (Å²) in [6.07, 6.45) is 6.55. The third-order valence-corrected chi connectivity index (χ3v) is 5.14. The summed E-state index contributed by atoms with van der Waals surface area (Å²) in [5, 5.41) is 3.49. The van der Waals surface area contributed by atoms with Crippen molar-refractivity contribution in [3.63, 3.8) is 0 Å². The summed E-state index contributed by atoms with van der Waals surface area (Å²) in [5.74, 6) is 0. The Hall–Kier alpha value is -0.900. The molecule has 2 heterocycles. The molecule has 0 aliphatic carbocycles. The van der Waals surface area contributed by atoms with E-state index in [1.165, 1.54) is 50.9 Å². The molecule has 2 aliphatic rings. The van der Waals surface area contributed by atoms with Crippen LogP contribution in [-0.4, -0.2) is 49.8 Å². The molecule has 116 valence electrons. The van der Waals surface area contributed by atoms with Crippen LogP contribution in [0.1, 0.15) is 31.2 Å². The van der Waals surface area contributed by atoms with Crippen LogP contribution in [-0.2, 0) is 11.2 Å². The van der Waals surface area contributed by atoms with E-state index in [4.69, 9.17) is 4.74 Å². The summed E-state index contributed by atoms with van der Waals surface area (Å²) < 4.78 is 5.66. The average molecular weight is 288 g/mol. The minimum atomic E-state index is 0.441. The van der Waals surface area contributed by atoms with Crippen molar-refractivity contribution < 1.29 is 4.74 Å². The minimum Gasteiger partial charge on any atom is -0.381 e. The molecule has 0 bridgehead atoms. The van der Waals surface area contributed by atoms with E-state index in [9.17, 15) is 0 Å². The molecule has 0 radical (unpaired) electrons. The van der Waals surface area contributed by atoms with Gasteiger partial charge in [0.1, 0.15) is 0 Å². The maximum Gasteiger partial charge on any atom is 0.0598 e. The van der Waals surface area contributed by atoms with Crippen molar-refractivity contribution in [1.82, 2.24) is 10.2 Å². The fourth-order valence-corrected chi connectivity index (χ4v) is 3.95. The first-order valence-electron chi connectivity index (χ1n) is 8.40. The second kappa shape index (κ2) is 7.39. The SMILES string of the molecule is COC1CCN(C2CCNCC2)C(Cc2ccccc2)C1. The average Bonchev–Trinajstić information content (AvgIpc) is 2.56. The van der Waals surface area contributed by atoms with E-state index in [-0.39, 0.29) is 0 Å². The maximum absolute atomic E-state index is 5.66. The lowest BCUT2D eigenvalue weighted by atomic mass is 9.90. The molecule has 0 aromatic heterocycles. The number of methoxy groups -OCH3 is 1. The summed E-state index contributed by atoms with van der Waals surface area (Å²) >= 11 is 0. The Morgan fingerprint density at radius 3 is 2.62 bits per heavy atom. The second-order valence-corrected chi connectivity index (χ2v) is 6.44. The van der Waals surface area contributed by atoms with Gasteiger partial charge < -0.3 is 10.1 Å². The molecular formula is C18H28N2O. The lowest BCUT2D eigenvalue weighted by Crippen LogP contribution is -2.53. The Kier molecular flexibility index (Phi) is 5.28. The summed E-state index contributed by atoms with van der Waals surface area (Å²) in [4.78, 5) is 2.78. The van der Waals surface area contributed by atoms with Gasteiger partial charge in [0.05, 0.1) is 6.10 Å². The highest BCUT2D eigenvalue weighted by molar-refractivity contribution is 5.16. The first kappa shape index (κ1) is 15.0. The topological polar surface area (TPSA) is 24.5 Å². The van der Waals surface area contributed by atoms with Crippen LogP contribution in [0.3, 0.4) is 0 Å². The zero-order valence-electron chi connectivity index (χ0n) is 13.1. The van der Waals surface area contributed by atoms with Crippen molar-refractivity contribution in [1.29, 1.82) is 0 Å². The summed E-state index contributed by atoms with van der Waals surface area (Å²) in [5.41, 5.74) is 1.46. The van der Waals surface area contributed by atoms with E-state index in [1.54, 1.807) is 0 Å². The van der Waals surface area contributed by atoms with Crippen LogP contribution < -0.4 is 5.32 Å². The van der Waals surface area contributed by atoms with E-state index >= 15 is 0 Å². The Labute approximate surface area is 128 Å². The molecule has 1 aromatic rings. The van der Waals surface area contributed by atoms with Gasteiger partial charge in [-0.2, -0.15) is 0 Å². The van der Waals surface area contributed by atoms with Gasteiger partial charge in [-0.25, -0.2) is 0 Å². The number of benzene rings is 1. The van der Waals surface area contributed by atoms with E-state index in [1.807, 2.05) is 7.11 Å². The zero-order valence-corrected chi connectivity index (χ0v) is 13.1. The maximum atomic E-state index is 5.66. The Morgan fingerprint density at radius 2 is 1.90 bits per heavy atom. The van der Waals surface area contributed by atoms with Crippen molar-refractivity contribution in [2.45, 2.75) is 50.3 Å². The molecule has 0 spiro atoms. The highest BCUT2D eigenvalue weighted by atomic mass is 16.5. The number of nitrogens with one attached hydrogen (secondary N) is 1. The van der Waals surface area contributed by atoms with Crippen LogP contribution >= 0.6 is 0 Å².